The van der Waals surface area contributed by atoms with Gasteiger partial charge in [0.15, 0.2) is 0 Å². The minimum Gasteiger partial charge on any atom is -0.465 e. The molecule has 2 fully saturated rings. The van der Waals surface area contributed by atoms with E-state index in [4.69, 9.17) is 16.3 Å². The molecule has 2 aromatic carbocycles. The zero-order chi connectivity index (χ0) is 23.6. The molecule has 0 bridgehead atoms. The summed E-state index contributed by atoms with van der Waals surface area (Å²) in [6.45, 7) is 0.832. The van der Waals surface area contributed by atoms with Crippen LogP contribution in [0.25, 0.3) is 0 Å². The molecule has 172 valence electrons. The Morgan fingerprint density at radius 2 is 1.79 bits per heavy atom. The Balaban J connectivity index is 1.51. The summed E-state index contributed by atoms with van der Waals surface area (Å²) >= 11 is 6.34. The molecule has 2 aliphatic rings. The van der Waals surface area contributed by atoms with Crippen molar-refractivity contribution in [1.29, 1.82) is 0 Å². The lowest BCUT2D eigenvalue weighted by Crippen LogP contribution is -2.58. The molecule has 2 aromatic rings. The molecule has 0 radical (unpaired) electrons. The van der Waals surface area contributed by atoms with Crippen LogP contribution in [0.1, 0.15) is 39.1 Å². The number of methoxy groups -OCH3 is 1. The number of nitrogens with zero attached hydrogens (tertiary/aromatic N) is 1. The largest absolute Gasteiger partial charge is 0.465 e. The van der Waals surface area contributed by atoms with Crippen molar-refractivity contribution in [2.24, 2.45) is 5.92 Å². The predicted octanol–water partition coefficient (Wildman–Crippen LogP) is 2.80. The number of halogens is 1. The van der Waals surface area contributed by atoms with E-state index < -0.39 is 17.5 Å². The first-order chi connectivity index (χ1) is 15.8. The highest BCUT2D eigenvalue weighted by Gasteiger charge is 2.52. The van der Waals surface area contributed by atoms with Gasteiger partial charge in [0, 0.05) is 30.1 Å². The van der Waals surface area contributed by atoms with Gasteiger partial charge in [0.1, 0.15) is 5.54 Å². The van der Waals surface area contributed by atoms with Crippen LogP contribution in [0.5, 0.6) is 0 Å². The topological polar surface area (TPSA) is 105 Å². The van der Waals surface area contributed by atoms with E-state index >= 15 is 0 Å². The molecule has 4 amide bonds. The van der Waals surface area contributed by atoms with E-state index in [0.29, 0.717) is 42.1 Å². The van der Waals surface area contributed by atoms with Crippen LogP contribution >= 0.6 is 11.6 Å². The lowest BCUT2D eigenvalue weighted by atomic mass is 9.74. The molecule has 9 heteroatoms. The van der Waals surface area contributed by atoms with Crippen molar-refractivity contribution < 1.29 is 23.9 Å². The highest BCUT2D eigenvalue weighted by Crippen LogP contribution is 2.35. The molecule has 2 heterocycles. The number of nitrogens with one attached hydrogen (secondary N) is 2. The molecular formula is C24H24ClN3O5. The number of esters is 1. The van der Waals surface area contributed by atoms with Crippen LogP contribution in [0.4, 0.5) is 4.79 Å². The van der Waals surface area contributed by atoms with Crippen LogP contribution in [0, 0.1) is 5.92 Å². The van der Waals surface area contributed by atoms with Crippen molar-refractivity contribution in [3.8, 4) is 0 Å². The molecule has 0 saturated carbocycles. The van der Waals surface area contributed by atoms with Gasteiger partial charge in [-0.3, -0.25) is 14.9 Å². The molecule has 2 aliphatic heterocycles. The number of carbonyl (C=O) groups excluding carboxylic acids is 4. The van der Waals surface area contributed by atoms with Gasteiger partial charge < -0.3 is 15.0 Å². The number of hydrogen-bond acceptors (Lipinski definition) is 5. The quantitative estimate of drug-likeness (QED) is 0.517. The van der Waals surface area contributed by atoms with Gasteiger partial charge >= 0.3 is 12.0 Å². The highest BCUT2D eigenvalue weighted by atomic mass is 35.5. The van der Waals surface area contributed by atoms with Crippen molar-refractivity contribution in [2.75, 3.05) is 20.2 Å². The van der Waals surface area contributed by atoms with E-state index in [9.17, 15) is 19.2 Å². The second-order valence-corrected chi connectivity index (χ2v) is 8.69. The maximum Gasteiger partial charge on any atom is 0.337 e. The van der Waals surface area contributed by atoms with Crippen molar-refractivity contribution in [2.45, 2.75) is 24.8 Å². The van der Waals surface area contributed by atoms with Crippen LogP contribution in [0.2, 0.25) is 5.02 Å². The molecule has 0 aromatic heterocycles. The van der Waals surface area contributed by atoms with E-state index in [1.165, 1.54) is 13.2 Å². The molecule has 2 N–H and O–H groups in total. The van der Waals surface area contributed by atoms with Crippen LogP contribution in [0.3, 0.4) is 0 Å². The average Bonchev–Trinajstić information content (AvgIpc) is 3.13. The minimum absolute atomic E-state index is 0.175. The van der Waals surface area contributed by atoms with Crippen molar-refractivity contribution in [1.82, 2.24) is 15.5 Å². The summed E-state index contributed by atoms with van der Waals surface area (Å²) in [4.78, 5) is 51.5. The average molecular weight is 470 g/mol. The molecule has 33 heavy (non-hydrogen) atoms. The number of hydrogen-bond donors (Lipinski definition) is 2. The van der Waals surface area contributed by atoms with Crippen LogP contribution in [0.15, 0.2) is 48.5 Å². The summed E-state index contributed by atoms with van der Waals surface area (Å²) < 4.78 is 4.73. The maximum atomic E-state index is 13.0. The number of piperidine rings is 1. The van der Waals surface area contributed by atoms with Gasteiger partial charge in [0.25, 0.3) is 11.8 Å². The van der Waals surface area contributed by atoms with Gasteiger partial charge in [-0.25, -0.2) is 9.59 Å². The summed E-state index contributed by atoms with van der Waals surface area (Å²) in [6.07, 6.45) is 1.32. The molecule has 1 atom stereocenters. The Bertz CT molecular complexity index is 1110. The highest BCUT2D eigenvalue weighted by molar-refractivity contribution is 6.31. The van der Waals surface area contributed by atoms with E-state index in [0.717, 1.165) is 5.56 Å². The number of ether oxygens (including phenoxy) is 1. The number of imide groups is 1. The predicted molar refractivity (Wildman–Crippen MR) is 121 cm³/mol. The Labute approximate surface area is 196 Å². The first-order valence-electron chi connectivity index (χ1n) is 10.7. The van der Waals surface area contributed by atoms with Gasteiger partial charge in [-0.15, -0.1) is 0 Å². The van der Waals surface area contributed by atoms with E-state index in [2.05, 4.69) is 10.6 Å². The maximum absolute atomic E-state index is 13.0. The van der Waals surface area contributed by atoms with Gasteiger partial charge in [-0.2, -0.15) is 0 Å². The Morgan fingerprint density at radius 1 is 1.09 bits per heavy atom. The minimum atomic E-state index is -1.12. The Kier molecular flexibility index (Phi) is 6.37. The monoisotopic (exact) mass is 469 g/mol. The third-order valence-corrected chi connectivity index (χ3v) is 6.77. The van der Waals surface area contributed by atoms with Crippen LogP contribution in [-0.2, 0) is 16.0 Å². The summed E-state index contributed by atoms with van der Waals surface area (Å²) in [5, 5.41) is 5.75. The fourth-order valence-corrected chi connectivity index (χ4v) is 4.86. The van der Waals surface area contributed by atoms with Crippen LogP contribution < -0.4 is 10.6 Å². The number of benzene rings is 2. The third-order valence-electron chi connectivity index (χ3n) is 6.41. The number of amides is 4. The molecule has 2 saturated heterocycles. The van der Waals surface area contributed by atoms with E-state index in [1.54, 1.807) is 29.2 Å². The SMILES string of the molecule is COC(=O)c1cccc(C(=O)N2CCC(C3(Cc4ccccc4Cl)NC(=O)NC3=O)CC2)c1. The molecule has 1 unspecified atom stereocenters. The third kappa shape index (κ3) is 4.43. The van der Waals surface area contributed by atoms with Crippen molar-refractivity contribution in [3.05, 3.63) is 70.2 Å². The van der Waals surface area contributed by atoms with Gasteiger partial charge in [0.2, 0.25) is 0 Å². The summed E-state index contributed by atoms with van der Waals surface area (Å²) in [7, 11) is 1.29. The first kappa shape index (κ1) is 22.8. The smallest absolute Gasteiger partial charge is 0.337 e. The fourth-order valence-electron chi connectivity index (χ4n) is 4.66. The van der Waals surface area contributed by atoms with Crippen molar-refractivity contribution in [3.63, 3.8) is 0 Å². The molecule has 4 rings (SSSR count). The Hall–Kier alpha value is -3.39. The number of carbonyl (C=O) groups is 4. The fraction of sp³-hybridized carbons (Fsp3) is 0.333. The lowest BCUT2D eigenvalue weighted by Gasteiger charge is -2.41. The molecule has 8 nitrogen and oxygen atoms in total. The second-order valence-electron chi connectivity index (χ2n) is 8.29. The van der Waals surface area contributed by atoms with E-state index in [-0.39, 0.29) is 24.2 Å². The van der Waals surface area contributed by atoms with Crippen LogP contribution in [-0.4, -0.2) is 54.5 Å². The number of urea groups is 1. The molecule has 0 spiro atoms. The Morgan fingerprint density at radius 3 is 2.42 bits per heavy atom. The zero-order valence-corrected chi connectivity index (χ0v) is 18.9. The van der Waals surface area contributed by atoms with Gasteiger partial charge in [-0.05, 0) is 48.6 Å². The molecule has 0 aliphatic carbocycles. The summed E-state index contributed by atoms with van der Waals surface area (Å²) in [5.41, 5.74) is 0.355. The normalized spacial score (nSPS) is 20.8. The first-order valence-corrected chi connectivity index (χ1v) is 11.1. The van der Waals surface area contributed by atoms with E-state index in [1.807, 2.05) is 18.2 Å². The number of likely N-dealkylation sites (tertiary alicyclic amines) is 1. The zero-order valence-electron chi connectivity index (χ0n) is 18.1. The second kappa shape index (κ2) is 9.23. The number of rotatable bonds is 5. The standard InChI is InChI=1S/C24H24ClN3O5/c1-33-21(30)16-7-4-6-15(13-16)20(29)28-11-9-18(10-12-28)24(22(31)26-23(32)27-24)14-17-5-2-3-8-19(17)25/h2-8,13,18H,9-12,14H2,1H3,(H2,26,27,31,32). The van der Waals surface area contributed by atoms with Gasteiger partial charge in [0.05, 0.1) is 12.7 Å². The molecular weight excluding hydrogens is 446 g/mol. The van der Waals surface area contributed by atoms with Gasteiger partial charge in [-0.1, -0.05) is 35.9 Å². The van der Waals surface area contributed by atoms with Crippen molar-refractivity contribution >= 4 is 35.4 Å². The lowest BCUT2D eigenvalue weighted by molar-refractivity contribution is -0.126. The summed E-state index contributed by atoms with van der Waals surface area (Å²) in [6, 6.07) is 13.1. The summed E-state index contributed by atoms with van der Waals surface area (Å²) in [5.74, 6) is -1.25.